The Kier molecular flexibility index (Phi) is 3.67. The van der Waals surface area contributed by atoms with Crippen LogP contribution >= 0.6 is 0 Å². The molecular weight excluding hydrogens is 198 g/mol. The van der Waals surface area contributed by atoms with Crippen molar-refractivity contribution in [3.05, 3.63) is 12.2 Å². The molecule has 0 aromatic carbocycles. The topological polar surface area (TPSA) is 32.6 Å². The Morgan fingerprint density at radius 3 is 2.50 bits per heavy atom. The molecule has 0 radical (unpaired) electrons. The third kappa shape index (κ3) is 2.16. The van der Waals surface area contributed by atoms with Gasteiger partial charge in [0.25, 0.3) is 0 Å². The van der Waals surface area contributed by atoms with Gasteiger partial charge in [0.2, 0.25) is 0 Å². The van der Waals surface area contributed by atoms with Crippen LogP contribution in [0.3, 0.4) is 0 Å². The second-order valence-electron chi connectivity index (χ2n) is 5.36. The minimum absolute atomic E-state index is 0.528. The molecule has 2 rings (SSSR count). The van der Waals surface area contributed by atoms with Crippen LogP contribution in [0, 0.1) is 23.7 Å². The third-order valence-electron chi connectivity index (χ3n) is 4.49. The number of hydrogen-bond donors (Lipinski definition) is 1. The van der Waals surface area contributed by atoms with E-state index in [4.69, 9.17) is 0 Å². The summed E-state index contributed by atoms with van der Waals surface area (Å²) in [5.74, 6) is 2.63. The standard InChI is InChI=1S/C14H23NO/c1-3-10(4-2)9-14(15-16)13-8-11-5-6-12(13)7-11/h5-6,10-13,16H,3-4,7-9H2,1-2H3/t11?,12?,13-/m1/s1. The van der Waals surface area contributed by atoms with Gasteiger partial charge in [0, 0.05) is 5.92 Å². The van der Waals surface area contributed by atoms with Crippen molar-refractivity contribution in [2.45, 2.75) is 46.0 Å². The quantitative estimate of drug-likeness (QED) is 0.325. The maximum atomic E-state index is 9.22. The van der Waals surface area contributed by atoms with Gasteiger partial charge in [0.15, 0.2) is 0 Å². The lowest BCUT2D eigenvalue weighted by atomic mass is 9.83. The van der Waals surface area contributed by atoms with Crippen LogP contribution in [0.5, 0.6) is 0 Å². The van der Waals surface area contributed by atoms with Crippen molar-refractivity contribution in [2.24, 2.45) is 28.8 Å². The Labute approximate surface area is 98.4 Å². The van der Waals surface area contributed by atoms with E-state index in [9.17, 15) is 5.21 Å². The average molecular weight is 221 g/mol. The van der Waals surface area contributed by atoms with Crippen molar-refractivity contribution in [2.75, 3.05) is 0 Å². The van der Waals surface area contributed by atoms with E-state index in [0.717, 1.165) is 18.1 Å². The Morgan fingerprint density at radius 2 is 2.06 bits per heavy atom. The van der Waals surface area contributed by atoms with Crippen molar-refractivity contribution in [1.82, 2.24) is 0 Å². The maximum absolute atomic E-state index is 9.22. The van der Waals surface area contributed by atoms with Crippen LogP contribution in [0.4, 0.5) is 0 Å². The summed E-state index contributed by atoms with van der Waals surface area (Å²) in [6.07, 6.45) is 10.5. The summed E-state index contributed by atoms with van der Waals surface area (Å²) in [6, 6.07) is 0. The number of allylic oxidation sites excluding steroid dienone is 2. The zero-order chi connectivity index (χ0) is 11.5. The zero-order valence-electron chi connectivity index (χ0n) is 10.4. The largest absolute Gasteiger partial charge is 0.411 e. The molecule has 0 heterocycles. The van der Waals surface area contributed by atoms with E-state index < -0.39 is 0 Å². The van der Waals surface area contributed by atoms with E-state index in [0.29, 0.717) is 17.8 Å². The van der Waals surface area contributed by atoms with Crippen LogP contribution in [-0.2, 0) is 0 Å². The molecule has 1 N–H and O–H groups in total. The Hall–Kier alpha value is -0.790. The molecule has 0 aromatic rings. The Morgan fingerprint density at radius 1 is 1.31 bits per heavy atom. The number of nitrogens with zero attached hydrogens (tertiary/aromatic N) is 1. The van der Waals surface area contributed by atoms with Crippen LogP contribution in [0.1, 0.15) is 46.0 Å². The number of rotatable bonds is 5. The lowest BCUT2D eigenvalue weighted by Gasteiger charge is -2.22. The van der Waals surface area contributed by atoms with Gasteiger partial charge in [-0.2, -0.15) is 0 Å². The van der Waals surface area contributed by atoms with Crippen molar-refractivity contribution >= 4 is 5.71 Å². The fourth-order valence-corrected chi connectivity index (χ4v) is 3.30. The van der Waals surface area contributed by atoms with Crippen LogP contribution in [0.2, 0.25) is 0 Å². The molecule has 0 aromatic heterocycles. The third-order valence-corrected chi connectivity index (χ3v) is 4.49. The Balaban J connectivity index is 1.98. The van der Waals surface area contributed by atoms with Gasteiger partial charge in [-0.05, 0) is 37.0 Å². The van der Waals surface area contributed by atoms with Gasteiger partial charge in [0.05, 0.1) is 5.71 Å². The summed E-state index contributed by atoms with van der Waals surface area (Å²) in [5, 5.41) is 12.8. The monoisotopic (exact) mass is 221 g/mol. The predicted molar refractivity (Wildman–Crippen MR) is 66.8 cm³/mol. The van der Waals surface area contributed by atoms with Crippen molar-refractivity contribution in [3.8, 4) is 0 Å². The minimum Gasteiger partial charge on any atom is -0.411 e. The van der Waals surface area contributed by atoms with E-state index in [-0.39, 0.29) is 0 Å². The molecule has 0 saturated heterocycles. The van der Waals surface area contributed by atoms with E-state index in [1.165, 1.54) is 25.7 Å². The molecule has 90 valence electrons. The highest BCUT2D eigenvalue weighted by Gasteiger charge is 2.38. The molecular formula is C14H23NO. The molecule has 0 spiro atoms. The highest BCUT2D eigenvalue weighted by molar-refractivity contribution is 5.87. The van der Waals surface area contributed by atoms with Gasteiger partial charge in [-0.15, -0.1) is 0 Å². The van der Waals surface area contributed by atoms with Gasteiger partial charge in [-0.3, -0.25) is 0 Å². The molecule has 1 saturated carbocycles. The number of fused-ring (bicyclic) bond motifs is 2. The van der Waals surface area contributed by atoms with Crippen LogP contribution in [0.25, 0.3) is 0 Å². The van der Waals surface area contributed by atoms with E-state index >= 15 is 0 Å². The molecule has 1 fully saturated rings. The van der Waals surface area contributed by atoms with Crippen LogP contribution in [-0.4, -0.2) is 10.9 Å². The lowest BCUT2D eigenvalue weighted by Crippen LogP contribution is -2.21. The molecule has 0 aliphatic heterocycles. The van der Waals surface area contributed by atoms with Crippen molar-refractivity contribution in [3.63, 3.8) is 0 Å². The first kappa shape index (κ1) is 11.7. The summed E-state index contributed by atoms with van der Waals surface area (Å²) < 4.78 is 0. The first-order valence-corrected chi connectivity index (χ1v) is 6.67. The number of oxime groups is 1. The fourth-order valence-electron chi connectivity index (χ4n) is 3.30. The minimum atomic E-state index is 0.528. The fraction of sp³-hybridized carbons (Fsp3) is 0.786. The second kappa shape index (κ2) is 5.03. The molecule has 2 nitrogen and oxygen atoms in total. The molecule has 2 aliphatic carbocycles. The molecule has 0 amide bonds. The molecule has 2 unspecified atom stereocenters. The van der Waals surface area contributed by atoms with Gasteiger partial charge in [-0.1, -0.05) is 44.0 Å². The SMILES string of the molecule is CCC(CC)CC(=NO)[C@@H]1CC2C=CC1C2. The summed E-state index contributed by atoms with van der Waals surface area (Å²) in [4.78, 5) is 0. The lowest BCUT2D eigenvalue weighted by molar-refractivity contribution is 0.308. The molecule has 2 bridgehead atoms. The summed E-state index contributed by atoms with van der Waals surface area (Å²) in [5.41, 5.74) is 1.06. The predicted octanol–water partition coefficient (Wildman–Crippen LogP) is 3.86. The maximum Gasteiger partial charge on any atom is 0.0610 e. The zero-order valence-corrected chi connectivity index (χ0v) is 10.4. The highest BCUT2D eigenvalue weighted by Crippen LogP contribution is 2.45. The van der Waals surface area contributed by atoms with Gasteiger partial charge < -0.3 is 5.21 Å². The van der Waals surface area contributed by atoms with Crippen molar-refractivity contribution < 1.29 is 5.21 Å². The molecule has 16 heavy (non-hydrogen) atoms. The van der Waals surface area contributed by atoms with E-state index in [1.54, 1.807) is 0 Å². The first-order valence-electron chi connectivity index (χ1n) is 6.67. The summed E-state index contributed by atoms with van der Waals surface area (Å²) in [6.45, 7) is 4.45. The van der Waals surface area contributed by atoms with Gasteiger partial charge in [0.1, 0.15) is 0 Å². The molecule has 2 heteroatoms. The first-order chi connectivity index (χ1) is 7.78. The van der Waals surface area contributed by atoms with Gasteiger partial charge >= 0.3 is 0 Å². The van der Waals surface area contributed by atoms with Gasteiger partial charge in [-0.25, -0.2) is 0 Å². The second-order valence-corrected chi connectivity index (χ2v) is 5.36. The highest BCUT2D eigenvalue weighted by atomic mass is 16.4. The summed E-state index contributed by atoms with van der Waals surface area (Å²) in [7, 11) is 0. The van der Waals surface area contributed by atoms with Crippen molar-refractivity contribution in [1.29, 1.82) is 0 Å². The van der Waals surface area contributed by atoms with E-state index in [2.05, 4.69) is 31.2 Å². The Bertz CT molecular complexity index is 291. The smallest absolute Gasteiger partial charge is 0.0610 e. The number of hydrogen-bond acceptors (Lipinski definition) is 2. The van der Waals surface area contributed by atoms with E-state index in [1.807, 2.05) is 0 Å². The molecule has 2 aliphatic rings. The van der Waals surface area contributed by atoms with Crippen LogP contribution in [0.15, 0.2) is 17.3 Å². The summed E-state index contributed by atoms with van der Waals surface area (Å²) >= 11 is 0. The normalized spacial score (nSPS) is 32.9. The van der Waals surface area contributed by atoms with Crippen LogP contribution < -0.4 is 0 Å². The average Bonchev–Trinajstić information content (AvgIpc) is 2.93. The molecule has 3 atom stereocenters.